The molecule has 0 saturated heterocycles. The molecule has 0 aliphatic heterocycles. The summed E-state index contributed by atoms with van der Waals surface area (Å²) in [5.74, 6) is -0.117. The number of halogens is 3. The quantitative estimate of drug-likeness (QED) is 0.781. The fourth-order valence-electron chi connectivity index (χ4n) is 1.94. The van der Waals surface area contributed by atoms with Crippen molar-refractivity contribution in [3.63, 3.8) is 0 Å². The van der Waals surface area contributed by atoms with Crippen LogP contribution in [0.1, 0.15) is 15.9 Å². The summed E-state index contributed by atoms with van der Waals surface area (Å²) in [7, 11) is 1.72. The number of nitrogen functional groups attached to an aromatic ring is 1. The normalized spacial score (nSPS) is 10.5. The number of hydrogen-bond donors (Lipinski definition) is 1. The monoisotopic (exact) mass is 386 g/mol. The van der Waals surface area contributed by atoms with Crippen molar-refractivity contribution in [1.29, 1.82) is 0 Å². The molecule has 0 fully saturated rings. The van der Waals surface area contributed by atoms with E-state index < -0.39 is 0 Å². The lowest BCUT2D eigenvalue weighted by atomic mass is 10.1. The zero-order chi connectivity index (χ0) is 15.6. The van der Waals surface area contributed by atoms with E-state index in [-0.39, 0.29) is 5.91 Å². The van der Waals surface area contributed by atoms with Gasteiger partial charge in [-0.2, -0.15) is 0 Å². The van der Waals surface area contributed by atoms with Gasteiger partial charge in [0.05, 0.1) is 10.0 Å². The molecule has 0 aliphatic rings. The molecule has 2 aromatic carbocycles. The van der Waals surface area contributed by atoms with Crippen LogP contribution in [-0.2, 0) is 6.54 Å². The highest BCUT2D eigenvalue weighted by molar-refractivity contribution is 9.10. The van der Waals surface area contributed by atoms with Crippen LogP contribution in [-0.4, -0.2) is 17.9 Å². The number of nitrogens with two attached hydrogens (primary N) is 1. The Morgan fingerprint density at radius 2 is 1.90 bits per heavy atom. The third kappa shape index (κ3) is 4.13. The maximum atomic E-state index is 12.4. The number of nitrogens with zero attached hydrogens (tertiary/aromatic N) is 1. The molecule has 0 aliphatic carbocycles. The minimum Gasteiger partial charge on any atom is -0.399 e. The Morgan fingerprint density at radius 3 is 2.52 bits per heavy atom. The van der Waals surface area contributed by atoms with E-state index in [9.17, 15) is 4.79 Å². The average Bonchev–Trinajstić information content (AvgIpc) is 2.41. The molecule has 0 radical (unpaired) electrons. The summed E-state index contributed by atoms with van der Waals surface area (Å²) in [5, 5.41) is 0.968. The lowest BCUT2D eigenvalue weighted by Gasteiger charge is -2.18. The molecule has 0 aromatic heterocycles. The molecule has 2 rings (SSSR count). The second-order valence-electron chi connectivity index (χ2n) is 4.68. The first-order valence-corrected chi connectivity index (χ1v) is 7.67. The maximum absolute atomic E-state index is 12.4. The van der Waals surface area contributed by atoms with Gasteiger partial charge in [0.1, 0.15) is 0 Å². The predicted octanol–water partition coefficient (Wildman–Crippen LogP) is 4.61. The third-order valence-corrected chi connectivity index (χ3v) is 4.11. The summed E-state index contributed by atoms with van der Waals surface area (Å²) in [6.45, 7) is 0.433. The molecule has 110 valence electrons. The number of anilines is 1. The molecular weight excluding hydrogens is 375 g/mol. The zero-order valence-corrected chi connectivity index (χ0v) is 14.3. The van der Waals surface area contributed by atoms with E-state index in [2.05, 4.69) is 15.9 Å². The summed E-state index contributed by atoms with van der Waals surface area (Å²) in [5.41, 5.74) is 7.73. The van der Waals surface area contributed by atoms with Crippen LogP contribution in [0.4, 0.5) is 5.69 Å². The van der Waals surface area contributed by atoms with Gasteiger partial charge in [0.25, 0.3) is 5.91 Å². The van der Waals surface area contributed by atoms with E-state index in [0.29, 0.717) is 27.8 Å². The molecule has 0 unspecified atom stereocenters. The van der Waals surface area contributed by atoms with Gasteiger partial charge in [-0.25, -0.2) is 0 Å². The van der Waals surface area contributed by atoms with Gasteiger partial charge in [0.15, 0.2) is 0 Å². The molecule has 0 bridgehead atoms. The van der Waals surface area contributed by atoms with E-state index in [4.69, 9.17) is 28.9 Å². The van der Waals surface area contributed by atoms with Crippen LogP contribution in [0.3, 0.4) is 0 Å². The number of carbonyl (C=O) groups excluding carboxylic acids is 1. The number of hydrogen-bond acceptors (Lipinski definition) is 2. The second kappa shape index (κ2) is 6.69. The van der Waals surface area contributed by atoms with Gasteiger partial charge in [-0.3, -0.25) is 4.79 Å². The van der Waals surface area contributed by atoms with Crippen molar-refractivity contribution >= 4 is 50.7 Å². The van der Waals surface area contributed by atoms with Gasteiger partial charge in [0, 0.05) is 29.3 Å². The Kier molecular flexibility index (Phi) is 5.14. The standard InChI is InChI=1S/C15H13BrCl2N2O/c1-20(8-9-2-3-13(17)14(18)4-9)15(21)10-5-11(16)7-12(19)6-10/h2-7H,8,19H2,1H3. The highest BCUT2D eigenvalue weighted by atomic mass is 79.9. The Balaban J connectivity index is 2.17. The van der Waals surface area contributed by atoms with Gasteiger partial charge in [-0.05, 0) is 35.9 Å². The molecule has 1 amide bonds. The number of carbonyl (C=O) groups is 1. The first-order chi connectivity index (χ1) is 9.86. The van der Waals surface area contributed by atoms with Crippen LogP contribution in [0.25, 0.3) is 0 Å². The SMILES string of the molecule is CN(Cc1ccc(Cl)c(Cl)c1)C(=O)c1cc(N)cc(Br)c1. The van der Waals surface area contributed by atoms with Gasteiger partial charge in [-0.15, -0.1) is 0 Å². The van der Waals surface area contributed by atoms with Gasteiger partial charge in [-0.1, -0.05) is 45.2 Å². The van der Waals surface area contributed by atoms with E-state index >= 15 is 0 Å². The summed E-state index contributed by atoms with van der Waals surface area (Å²) in [6.07, 6.45) is 0. The molecule has 0 saturated carbocycles. The van der Waals surface area contributed by atoms with E-state index in [1.165, 1.54) is 0 Å². The molecule has 3 nitrogen and oxygen atoms in total. The van der Waals surface area contributed by atoms with Crippen molar-refractivity contribution in [3.05, 3.63) is 62.0 Å². The second-order valence-corrected chi connectivity index (χ2v) is 6.41. The molecule has 0 atom stereocenters. The number of rotatable bonds is 3. The molecule has 6 heteroatoms. The molecule has 0 spiro atoms. The van der Waals surface area contributed by atoms with Crippen molar-refractivity contribution in [2.24, 2.45) is 0 Å². The van der Waals surface area contributed by atoms with Crippen LogP contribution < -0.4 is 5.73 Å². The van der Waals surface area contributed by atoms with Gasteiger partial charge in [0.2, 0.25) is 0 Å². The fraction of sp³-hybridized carbons (Fsp3) is 0.133. The van der Waals surface area contributed by atoms with Crippen molar-refractivity contribution < 1.29 is 4.79 Å². The van der Waals surface area contributed by atoms with Crippen LogP contribution >= 0.6 is 39.1 Å². The number of benzene rings is 2. The largest absolute Gasteiger partial charge is 0.399 e. The first-order valence-electron chi connectivity index (χ1n) is 6.12. The van der Waals surface area contributed by atoms with Crippen molar-refractivity contribution in [2.45, 2.75) is 6.54 Å². The summed E-state index contributed by atoms with van der Waals surface area (Å²) >= 11 is 15.2. The van der Waals surface area contributed by atoms with E-state index in [0.717, 1.165) is 10.0 Å². The highest BCUT2D eigenvalue weighted by Gasteiger charge is 2.13. The van der Waals surface area contributed by atoms with Crippen molar-refractivity contribution in [1.82, 2.24) is 4.90 Å². The molecule has 21 heavy (non-hydrogen) atoms. The summed E-state index contributed by atoms with van der Waals surface area (Å²) in [6, 6.07) is 10.4. The van der Waals surface area contributed by atoms with Gasteiger partial charge >= 0.3 is 0 Å². The Labute approximate surface area is 141 Å². The average molecular weight is 388 g/mol. The Hall–Kier alpha value is -1.23. The third-order valence-electron chi connectivity index (χ3n) is 2.92. The lowest BCUT2D eigenvalue weighted by molar-refractivity contribution is 0.0785. The van der Waals surface area contributed by atoms with Crippen molar-refractivity contribution in [2.75, 3.05) is 12.8 Å². The van der Waals surface area contributed by atoms with Crippen LogP contribution in [0.5, 0.6) is 0 Å². The van der Waals surface area contributed by atoms with Crippen LogP contribution in [0, 0.1) is 0 Å². The molecule has 0 heterocycles. The van der Waals surface area contributed by atoms with Crippen LogP contribution in [0.15, 0.2) is 40.9 Å². The molecule has 2 aromatic rings. The Morgan fingerprint density at radius 1 is 1.19 bits per heavy atom. The molecular formula is C15H13BrCl2N2O. The minimum absolute atomic E-state index is 0.117. The highest BCUT2D eigenvalue weighted by Crippen LogP contribution is 2.24. The maximum Gasteiger partial charge on any atom is 0.254 e. The van der Waals surface area contributed by atoms with Crippen LogP contribution in [0.2, 0.25) is 10.0 Å². The topological polar surface area (TPSA) is 46.3 Å². The van der Waals surface area contributed by atoms with E-state index in [1.807, 2.05) is 6.07 Å². The van der Waals surface area contributed by atoms with E-state index in [1.54, 1.807) is 42.3 Å². The van der Waals surface area contributed by atoms with Crippen molar-refractivity contribution in [3.8, 4) is 0 Å². The minimum atomic E-state index is -0.117. The zero-order valence-electron chi connectivity index (χ0n) is 11.2. The first kappa shape index (κ1) is 16.1. The van der Waals surface area contributed by atoms with Gasteiger partial charge < -0.3 is 10.6 Å². The summed E-state index contributed by atoms with van der Waals surface area (Å²) in [4.78, 5) is 14.0. The lowest BCUT2D eigenvalue weighted by Crippen LogP contribution is -2.26. The number of amides is 1. The summed E-state index contributed by atoms with van der Waals surface area (Å²) < 4.78 is 0.772. The molecule has 2 N–H and O–H groups in total. The smallest absolute Gasteiger partial charge is 0.254 e. The Bertz CT molecular complexity index is 671. The predicted molar refractivity (Wildman–Crippen MR) is 90.8 cm³/mol. The fourth-order valence-corrected chi connectivity index (χ4v) is 2.77.